The molecule has 8 nitrogen and oxygen atoms in total. The molecular formula is C11H16N4O4. The van der Waals surface area contributed by atoms with E-state index in [4.69, 9.17) is 5.73 Å². The molecule has 0 amide bonds. The molecule has 0 bridgehead atoms. The fraction of sp³-hybridized carbons (Fsp3) is 0.455. The summed E-state index contributed by atoms with van der Waals surface area (Å²) in [5, 5.41) is 0. The first kappa shape index (κ1) is 14.7. The smallest absolute Gasteiger partial charge is 0.332 e. The number of methoxy groups -OCH3 is 1. The predicted octanol–water partition coefficient (Wildman–Crippen LogP) is -1.35. The Kier molecular flexibility index (Phi) is 4.26. The Morgan fingerprint density at radius 2 is 1.95 bits per heavy atom. The third-order valence-electron chi connectivity index (χ3n) is 2.72. The largest absolute Gasteiger partial charge is 0.467 e. The summed E-state index contributed by atoms with van der Waals surface area (Å²) in [7, 11) is 4.03. The highest BCUT2D eigenvalue weighted by Gasteiger charge is 2.14. The van der Waals surface area contributed by atoms with Gasteiger partial charge in [0.2, 0.25) is 0 Å². The highest BCUT2D eigenvalue weighted by atomic mass is 16.5. The molecule has 0 saturated carbocycles. The maximum absolute atomic E-state index is 11.9. The van der Waals surface area contributed by atoms with Crippen LogP contribution >= 0.6 is 0 Å². The van der Waals surface area contributed by atoms with Crippen molar-refractivity contribution in [2.24, 2.45) is 19.1 Å². The zero-order chi connectivity index (χ0) is 14.7. The average Bonchev–Trinajstić information content (AvgIpc) is 2.41. The molecule has 1 atom stereocenters. The standard InChI is InChI=1S/C11H16N4O4/c1-6(10(17)19-4)13-5-7-8(12)14(2)11(18)15(3)9(7)16/h5-6H,12H2,1-4H3. The van der Waals surface area contributed by atoms with Crippen molar-refractivity contribution in [1.82, 2.24) is 9.13 Å². The number of hydrogen-bond donors (Lipinski definition) is 1. The first-order valence-electron chi connectivity index (χ1n) is 5.47. The lowest BCUT2D eigenvalue weighted by Crippen LogP contribution is -2.40. The number of rotatable bonds is 3. The molecule has 0 aliphatic carbocycles. The maximum atomic E-state index is 11.9. The van der Waals surface area contributed by atoms with Crippen molar-refractivity contribution in [2.45, 2.75) is 13.0 Å². The Labute approximate surface area is 109 Å². The molecule has 1 rings (SSSR count). The summed E-state index contributed by atoms with van der Waals surface area (Å²) in [5.74, 6) is -0.537. The van der Waals surface area contributed by atoms with Gasteiger partial charge in [0.05, 0.1) is 12.7 Å². The third kappa shape index (κ3) is 2.72. The summed E-state index contributed by atoms with van der Waals surface area (Å²) >= 11 is 0. The van der Waals surface area contributed by atoms with Gasteiger partial charge in [-0.1, -0.05) is 0 Å². The van der Waals surface area contributed by atoms with Crippen molar-refractivity contribution >= 4 is 18.0 Å². The normalized spacial score (nSPS) is 12.6. The van der Waals surface area contributed by atoms with E-state index in [1.165, 1.54) is 34.3 Å². The minimum Gasteiger partial charge on any atom is -0.467 e. The van der Waals surface area contributed by atoms with Crippen molar-refractivity contribution in [3.8, 4) is 0 Å². The van der Waals surface area contributed by atoms with Crippen LogP contribution < -0.4 is 17.0 Å². The third-order valence-corrected chi connectivity index (χ3v) is 2.72. The van der Waals surface area contributed by atoms with E-state index >= 15 is 0 Å². The van der Waals surface area contributed by atoms with Crippen LogP contribution in [0, 0.1) is 0 Å². The van der Waals surface area contributed by atoms with Crippen LogP contribution in [0.25, 0.3) is 0 Å². The molecule has 0 aliphatic rings. The maximum Gasteiger partial charge on any atom is 0.332 e. The lowest BCUT2D eigenvalue weighted by Gasteiger charge is -2.09. The van der Waals surface area contributed by atoms with Crippen LogP contribution in [-0.4, -0.2) is 34.5 Å². The second kappa shape index (κ2) is 5.51. The molecule has 0 saturated heterocycles. The molecule has 0 fully saturated rings. The molecule has 0 spiro atoms. The van der Waals surface area contributed by atoms with Gasteiger partial charge in [0, 0.05) is 20.3 Å². The first-order valence-corrected chi connectivity index (χ1v) is 5.47. The Morgan fingerprint density at radius 1 is 1.37 bits per heavy atom. The summed E-state index contributed by atoms with van der Waals surface area (Å²) in [6.07, 6.45) is 1.18. The molecular weight excluding hydrogens is 252 g/mol. The molecule has 1 aromatic heterocycles. The number of nitrogens with zero attached hydrogens (tertiary/aromatic N) is 3. The van der Waals surface area contributed by atoms with Gasteiger partial charge in [-0.2, -0.15) is 0 Å². The van der Waals surface area contributed by atoms with E-state index in [1.807, 2.05) is 0 Å². The summed E-state index contributed by atoms with van der Waals surface area (Å²) in [6, 6.07) is -0.758. The average molecular weight is 268 g/mol. The van der Waals surface area contributed by atoms with Crippen molar-refractivity contribution in [3.05, 3.63) is 26.4 Å². The van der Waals surface area contributed by atoms with Gasteiger partial charge < -0.3 is 10.5 Å². The summed E-state index contributed by atoms with van der Waals surface area (Å²) in [6.45, 7) is 1.52. The predicted molar refractivity (Wildman–Crippen MR) is 70.4 cm³/mol. The van der Waals surface area contributed by atoms with Crippen LogP contribution in [-0.2, 0) is 23.6 Å². The van der Waals surface area contributed by atoms with E-state index in [0.29, 0.717) is 0 Å². The number of aliphatic imine (C=N–C) groups is 1. The van der Waals surface area contributed by atoms with Crippen LogP contribution in [0.2, 0.25) is 0 Å². The Balaban J connectivity index is 3.31. The summed E-state index contributed by atoms with van der Waals surface area (Å²) in [4.78, 5) is 38.5. The molecule has 104 valence electrons. The van der Waals surface area contributed by atoms with Gasteiger partial charge in [0.1, 0.15) is 11.9 Å². The van der Waals surface area contributed by atoms with Crippen LogP contribution in [0.4, 0.5) is 5.82 Å². The lowest BCUT2D eigenvalue weighted by molar-refractivity contribution is -0.141. The van der Waals surface area contributed by atoms with Gasteiger partial charge >= 0.3 is 11.7 Å². The van der Waals surface area contributed by atoms with Gasteiger partial charge in [-0.25, -0.2) is 9.59 Å². The summed E-state index contributed by atoms with van der Waals surface area (Å²) < 4.78 is 6.55. The Morgan fingerprint density at radius 3 is 2.47 bits per heavy atom. The quantitative estimate of drug-likeness (QED) is 0.538. The van der Waals surface area contributed by atoms with E-state index in [9.17, 15) is 14.4 Å². The van der Waals surface area contributed by atoms with E-state index in [0.717, 1.165) is 9.13 Å². The highest BCUT2D eigenvalue weighted by molar-refractivity contribution is 5.87. The van der Waals surface area contributed by atoms with Crippen LogP contribution in [0.15, 0.2) is 14.6 Å². The number of carbonyl (C=O) groups excluding carboxylic acids is 1. The van der Waals surface area contributed by atoms with Gasteiger partial charge in [-0.3, -0.25) is 18.9 Å². The van der Waals surface area contributed by atoms with Gasteiger partial charge in [0.15, 0.2) is 0 Å². The fourth-order valence-corrected chi connectivity index (χ4v) is 1.42. The molecule has 1 aromatic rings. The molecule has 0 aliphatic heterocycles. The molecule has 1 unspecified atom stereocenters. The van der Waals surface area contributed by atoms with Crippen molar-refractivity contribution < 1.29 is 9.53 Å². The number of nitrogen functional groups attached to an aromatic ring is 1. The minimum absolute atomic E-state index is 0.00563. The van der Waals surface area contributed by atoms with Gasteiger partial charge in [-0.05, 0) is 6.92 Å². The number of nitrogens with two attached hydrogens (primary N) is 1. The lowest BCUT2D eigenvalue weighted by atomic mass is 10.3. The number of carbonyl (C=O) groups is 1. The number of esters is 1. The molecule has 2 N–H and O–H groups in total. The van der Waals surface area contributed by atoms with Crippen molar-refractivity contribution in [2.75, 3.05) is 12.8 Å². The van der Waals surface area contributed by atoms with Gasteiger partial charge in [0.25, 0.3) is 5.56 Å². The minimum atomic E-state index is -0.758. The van der Waals surface area contributed by atoms with Crippen molar-refractivity contribution in [1.29, 1.82) is 0 Å². The SMILES string of the molecule is COC(=O)C(C)N=Cc1c(N)n(C)c(=O)n(C)c1=O. The Bertz CT molecular complexity index is 641. The van der Waals surface area contributed by atoms with E-state index in [-0.39, 0.29) is 11.4 Å². The number of ether oxygens (including phenoxy) is 1. The van der Waals surface area contributed by atoms with E-state index in [1.54, 1.807) is 0 Å². The van der Waals surface area contributed by atoms with Crippen LogP contribution in [0.3, 0.4) is 0 Å². The second-order valence-electron chi connectivity index (χ2n) is 3.98. The number of hydrogen-bond acceptors (Lipinski definition) is 6. The highest BCUT2D eigenvalue weighted by Crippen LogP contribution is 2.01. The van der Waals surface area contributed by atoms with E-state index < -0.39 is 23.3 Å². The summed E-state index contributed by atoms with van der Waals surface area (Å²) in [5.41, 5.74) is 4.65. The van der Waals surface area contributed by atoms with Crippen LogP contribution in [0.5, 0.6) is 0 Å². The first-order chi connectivity index (χ1) is 8.81. The fourth-order valence-electron chi connectivity index (χ4n) is 1.42. The van der Waals surface area contributed by atoms with Crippen LogP contribution in [0.1, 0.15) is 12.5 Å². The number of anilines is 1. The number of aromatic nitrogens is 2. The topological polar surface area (TPSA) is 109 Å². The molecule has 0 aromatic carbocycles. The molecule has 1 heterocycles. The molecule has 0 radical (unpaired) electrons. The van der Waals surface area contributed by atoms with Gasteiger partial charge in [-0.15, -0.1) is 0 Å². The van der Waals surface area contributed by atoms with Crippen molar-refractivity contribution in [3.63, 3.8) is 0 Å². The van der Waals surface area contributed by atoms with E-state index in [2.05, 4.69) is 9.73 Å². The Hall–Kier alpha value is -2.38. The zero-order valence-electron chi connectivity index (χ0n) is 11.2. The zero-order valence-corrected chi connectivity index (χ0v) is 11.2. The molecule has 19 heavy (non-hydrogen) atoms. The molecule has 8 heteroatoms. The second-order valence-corrected chi connectivity index (χ2v) is 3.98. The monoisotopic (exact) mass is 268 g/mol.